The quantitative estimate of drug-likeness (QED) is 0.285. The van der Waals surface area contributed by atoms with Crippen LogP contribution in [0.25, 0.3) is 0 Å². The zero-order chi connectivity index (χ0) is 39.6. The number of hydrogen-bond acceptors (Lipinski definition) is 10. The van der Waals surface area contributed by atoms with Crippen LogP contribution in [0.1, 0.15) is 86.0 Å². The summed E-state index contributed by atoms with van der Waals surface area (Å²) in [4.78, 5) is 61.8. The number of carbonyl (C=O) groups is 5. The standard InChI is InChI=1S/C22H29FO5.C21H26O5/c1-11-6-14-13-8-16(23)15-7-12(25)4-5-20(15,2)19(13)17(26)9-21(14,3)22(11,28)18(27)10-24;1-19-7-5-13(23)9-12(19)3-4-14-15-6-8-21(26,17(25)11-22)20(15,2)10-16(24)18(14)19/h4-5,7,11,13-14,16-17,19,24,26,28H,6,8-10H2,1-3H3;5,7,9,14-15,18,22,26H,3-4,6,8,10-11H2,1-2H3/t11-,13+,14+,16+,17+,19-,20+,21+,22+;14-,15-,18+,19-,20-,21-/m10/s1. The third kappa shape index (κ3) is 5.03. The van der Waals surface area contributed by atoms with E-state index in [1.165, 1.54) is 12.2 Å². The highest BCUT2D eigenvalue weighted by atomic mass is 19.1. The second-order valence-electron chi connectivity index (χ2n) is 18.8. The molecule has 8 aliphatic carbocycles. The molecule has 5 N–H and O–H groups in total. The van der Waals surface area contributed by atoms with E-state index in [1.807, 2.05) is 26.8 Å². The summed E-state index contributed by atoms with van der Waals surface area (Å²) in [7, 11) is 0. The Morgan fingerprint density at radius 3 is 2.11 bits per heavy atom. The van der Waals surface area contributed by atoms with Gasteiger partial charge in [0, 0.05) is 39.9 Å². The summed E-state index contributed by atoms with van der Waals surface area (Å²) in [6.07, 6.45) is 11.1. The van der Waals surface area contributed by atoms with E-state index < -0.39 is 69.9 Å². The lowest BCUT2D eigenvalue weighted by atomic mass is 9.46. The molecule has 0 aliphatic heterocycles. The first kappa shape index (κ1) is 39.3. The van der Waals surface area contributed by atoms with Crippen molar-refractivity contribution in [2.75, 3.05) is 13.2 Å². The Morgan fingerprint density at radius 2 is 1.46 bits per heavy atom. The van der Waals surface area contributed by atoms with Crippen molar-refractivity contribution in [3.05, 3.63) is 47.6 Å². The summed E-state index contributed by atoms with van der Waals surface area (Å²) in [6, 6.07) is 0. The number of carbonyl (C=O) groups excluding carboxylic acids is 5. The number of aliphatic hydroxyl groups excluding tert-OH is 3. The van der Waals surface area contributed by atoms with Gasteiger partial charge in [-0.25, -0.2) is 4.39 Å². The maximum absolute atomic E-state index is 15.2. The predicted molar refractivity (Wildman–Crippen MR) is 194 cm³/mol. The van der Waals surface area contributed by atoms with Crippen molar-refractivity contribution in [2.24, 2.45) is 63.1 Å². The number of allylic oxidation sites excluding steroid dienone is 8. The largest absolute Gasteiger partial charge is 0.393 e. The van der Waals surface area contributed by atoms with Crippen LogP contribution >= 0.6 is 0 Å². The summed E-state index contributed by atoms with van der Waals surface area (Å²) >= 11 is 0. The van der Waals surface area contributed by atoms with Crippen LogP contribution in [0.4, 0.5) is 4.39 Å². The molecule has 0 aromatic rings. The fourth-order valence-electron chi connectivity index (χ4n) is 14.0. The highest BCUT2D eigenvalue weighted by Crippen LogP contribution is 2.69. The number of rotatable bonds is 4. The molecule has 54 heavy (non-hydrogen) atoms. The second-order valence-corrected chi connectivity index (χ2v) is 18.8. The van der Waals surface area contributed by atoms with E-state index in [2.05, 4.69) is 0 Å². The molecule has 0 spiro atoms. The van der Waals surface area contributed by atoms with Crippen LogP contribution in [-0.2, 0) is 24.0 Å². The third-order valence-corrected chi connectivity index (χ3v) is 16.6. The van der Waals surface area contributed by atoms with Gasteiger partial charge in [-0.05, 0) is 104 Å². The summed E-state index contributed by atoms with van der Waals surface area (Å²) in [5, 5.41) is 52.5. The highest BCUT2D eigenvalue weighted by molar-refractivity contribution is 6.02. The van der Waals surface area contributed by atoms with Crippen molar-refractivity contribution < 1.29 is 53.9 Å². The fraction of sp³-hybridized carbons (Fsp3) is 0.698. The molecule has 0 aromatic carbocycles. The van der Waals surface area contributed by atoms with E-state index in [1.54, 1.807) is 32.1 Å². The number of alkyl halides is 1. The maximum atomic E-state index is 15.2. The lowest BCUT2D eigenvalue weighted by molar-refractivity contribution is -0.185. The van der Waals surface area contributed by atoms with E-state index >= 15 is 4.39 Å². The van der Waals surface area contributed by atoms with Crippen LogP contribution in [0, 0.1) is 63.1 Å². The van der Waals surface area contributed by atoms with Gasteiger partial charge in [0.2, 0.25) is 0 Å². The Kier molecular flexibility index (Phi) is 9.30. The Bertz CT molecular complexity index is 1810. The Balaban J connectivity index is 0.000000167. The number of halogens is 1. The summed E-state index contributed by atoms with van der Waals surface area (Å²) < 4.78 is 15.2. The Labute approximate surface area is 315 Å². The molecule has 0 unspecified atom stereocenters. The minimum atomic E-state index is -1.74. The Hall–Kier alpha value is -2.96. The molecule has 10 nitrogen and oxygen atoms in total. The van der Waals surface area contributed by atoms with Crippen LogP contribution in [-0.4, -0.2) is 91.1 Å². The average Bonchev–Trinajstić information content (AvgIpc) is 3.50. The summed E-state index contributed by atoms with van der Waals surface area (Å²) in [5.74, 6) is -2.51. The van der Waals surface area contributed by atoms with Gasteiger partial charge >= 0.3 is 0 Å². The zero-order valence-electron chi connectivity index (χ0n) is 31.9. The fourth-order valence-corrected chi connectivity index (χ4v) is 14.0. The maximum Gasteiger partial charge on any atom is 0.190 e. The molecular formula is C43H55FO10. The smallest absolute Gasteiger partial charge is 0.190 e. The van der Waals surface area contributed by atoms with Gasteiger partial charge in [0.05, 0.1) is 6.10 Å². The third-order valence-electron chi connectivity index (χ3n) is 16.6. The number of aliphatic hydroxyl groups is 5. The normalized spacial score (nSPS) is 49.9. The van der Waals surface area contributed by atoms with Crippen molar-refractivity contribution in [1.29, 1.82) is 0 Å². The van der Waals surface area contributed by atoms with Crippen LogP contribution in [0.2, 0.25) is 0 Å². The second kappa shape index (κ2) is 12.8. The molecule has 11 heteroatoms. The van der Waals surface area contributed by atoms with E-state index in [0.717, 1.165) is 18.4 Å². The first-order valence-corrected chi connectivity index (χ1v) is 19.7. The van der Waals surface area contributed by atoms with Gasteiger partial charge in [0.25, 0.3) is 0 Å². The summed E-state index contributed by atoms with van der Waals surface area (Å²) in [5.41, 5.74) is -4.87. The molecule has 8 aliphatic rings. The van der Waals surface area contributed by atoms with Crippen LogP contribution in [0.15, 0.2) is 47.6 Å². The molecule has 6 saturated carbocycles. The van der Waals surface area contributed by atoms with Gasteiger partial charge in [-0.15, -0.1) is 0 Å². The molecule has 8 rings (SSSR count). The Morgan fingerprint density at radius 1 is 0.833 bits per heavy atom. The molecule has 15 atom stereocenters. The monoisotopic (exact) mass is 750 g/mol. The number of Topliss-reactive ketones (excluding diaryl/α,β-unsaturated/α-hetero) is 3. The number of ketones is 5. The van der Waals surface area contributed by atoms with Gasteiger partial charge in [-0.2, -0.15) is 0 Å². The summed E-state index contributed by atoms with van der Waals surface area (Å²) in [6.45, 7) is 7.90. The molecular weight excluding hydrogens is 695 g/mol. The minimum Gasteiger partial charge on any atom is -0.393 e. The van der Waals surface area contributed by atoms with Crippen molar-refractivity contribution in [3.8, 4) is 0 Å². The molecule has 0 amide bonds. The van der Waals surface area contributed by atoms with Crippen LogP contribution in [0.3, 0.4) is 0 Å². The van der Waals surface area contributed by atoms with Crippen LogP contribution < -0.4 is 0 Å². The van der Waals surface area contributed by atoms with Gasteiger partial charge in [-0.1, -0.05) is 52.3 Å². The first-order valence-electron chi connectivity index (χ1n) is 19.7. The molecule has 0 heterocycles. The van der Waals surface area contributed by atoms with Gasteiger partial charge in [-0.3, -0.25) is 24.0 Å². The average molecular weight is 751 g/mol. The van der Waals surface area contributed by atoms with Gasteiger partial charge in [0.15, 0.2) is 23.1 Å². The number of hydrogen-bond donors (Lipinski definition) is 5. The molecule has 0 bridgehead atoms. The van der Waals surface area contributed by atoms with Crippen molar-refractivity contribution in [3.63, 3.8) is 0 Å². The van der Waals surface area contributed by atoms with Gasteiger partial charge in [0.1, 0.15) is 36.4 Å². The molecule has 294 valence electrons. The number of fused-ring (bicyclic) bond motifs is 10. The molecule has 6 fully saturated rings. The lowest BCUT2D eigenvalue weighted by Crippen LogP contribution is -2.63. The van der Waals surface area contributed by atoms with Crippen molar-refractivity contribution in [2.45, 2.75) is 109 Å². The van der Waals surface area contributed by atoms with E-state index in [4.69, 9.17) is 0 Å². The molecule has 0 saturated heterocycles. The van der Waals surface area contributed by atoms with E-state index in [0.29, 0.717) is 24.8 Å². The van der Waals surface area contributed by atoms with Crippen LogP contribution in [0.5, 0.6) is 0 Å². The van der Waals surface area contributed by atoms with Crippen molar-refractivity contribution in [1.82, 2.24) is 0 Å². The highest BCUT2D eigenvalue weighted by Gasteiger charge is 2.71. The molecule has 0 radical (unpaired) electrons. The minimum absolute atomic E-state index is 0.0206. The van der Waals surface area contributed by atoms with E-state index in [9.17, 15) is 49.5 Å². The molecule has 0 aromatic heterocycles. The first-order chi connectivity index (χ1) is 25.2. The topological polar surface area (TPSA) is 186 Å². The van der Waals surface area contributed by atoms with Crippen molar-refractivity contribution >= 4 is 28.9 Å². The SMILES string of the molecule is C[C@@H]1C[C@H]2[C@@H]3C[C@H](F)C4=CC(=O)C=C[C@]4(C)[C@H]3[C@@H](O)C[C@]2(C)[C@@]1(O)C(=O)CO.C[C@]12C=CC(=O)C=C1CC[C@@H]1[C@@H]2C(=O)C[C@@]2(C)[C@H]1CC[C@]2(O)C(=O)CO. The lowest BCUT2D eigenvalue weighted by Gasteiger charge is -2.60. The zero-order valence-corrected chi connectivity index (χ0v) is 31.9. The predicted octanol–water partition coefficient (Wildman–Crippen LogP) is 3.52. The van der Waals surface area contributed by atoms with Gasteiger partial charge < -0.3 is 25.5 Å². The van der Waals surface area contributed by atoms with E-state index in [-0.39, 0.29) is 78.0 Å².